The van der Waals surface area contributed by atoms with Gasteiger partial charge in [-0.2, -0.15) is 0 Å². The first kappa shape index (κ1) is 13.0. The van der Waals surface area contributed by atoms with Crippen LogP contribution < -0.4 is 10.6 Å². The average molecular weight is 227 g/mol. The van der Waals surface area contributed by atoms with Crippen LogP contribution in [0, 0.1) is 5.92 Å². The van der Waals surface area contributed by atoms with E-state index in [-0.39, 0.29) is 30.4 Å². The van der Waals surface area contributed by atoms with Gasteiger partial charge in [0, 0.05) is 19.6 Å². The Hall–Kier alpha value is -1.10. The van der Waals surface area contributed by atoms with Gasteiger partial charge >= 0.3 is 0 Å². The number of amides is 2. The Morgan fingerprint density at radius 2 is 2.06 bits per heavy atom. The Morgan fingerprint density at radius 1 is 1.44 bits per heavy atom. The smallest absolute Gasteiger partial charge is 0.241 e. The SMILES string of the molecule is CC(C)C(C)N(C)C(=O)C1CNC(=O)CN1. The van der Waals surface area contributed by atoms with Crippen LogP contribution in [0.3, 0.4) is 0 Å². The molecule has 2 unspecified atom stereocenters. The van der Waals surface area contributed by atoms with Crippen LogP contribution in [0.4, 0.5) is 0 Å². The predicted molar refractivity (Wildman–Crippen MR) is 61.9 cm³/mol. The van der Waals surface area contributed by atoms with Crippen molar-refractivity contribution < 1.29 is 9.59 Å². The van der Waals surface area contributed by atoms with Crippen molar-refractivity contribution in [2.45, 2.75) is 32.9 Å². The largest absolute Gasteiger partial charge is 0.353 e. The van der Waals surface area contributed by atoms with Gasteiger partial charge in [-0.3, -0.25) is 14.9 Å². The van der Waals surface area contributed by atoms with Crippen molar-refractivity contribution in [2.24, 2.45) is 5.92 Å². The molecule has 1 fully saturated rings. The Kier molecular flexibility index (Phi) is 4.29. The Balaban J connectivity index is 2.53. The Morgan fingerprint density at radius 3 is 2.50 bits per heavy atom. The van der Waals surface area contributed by atoms with Gasteiger partial charge in [0.05, 0.1) is 6.54 Å². The molecule has 1 saturated heterocycles. The molecule has 0 aliphatic carbocycles. The van der Waals surface area contributed by atoms with Crippen LogP contribution in [0.5, 0.6) is 0 Å². The third-order valence-corrected chi connectivity index (χ3v) is 3.23. The maximum atomic E-state index is 12.1. The lowest BCUT2D eigenvalue weighted by molar-refractivity contribution is -0.136. The first-order valence-corrected chi connectivity index (χ1v) is 5.70. The highest BCUT2D eigenvalue weighted by Crippen LogP contribution is 2.09. The van der Waals surface area contributed by atoms with Gasteiger partial charge in [0.25, 0.3) is 0 Å². The number of rotatable bonds is 3. The zero-order valence-corrected chi connectivity index (χ0v) is 10.4. The molecule has 1 heterocycles. The zero-order chi connectivity index (χ0) is 12.3. The maximum absolute atomic E-state index is 12.1. The number of piperazine rings is 1. The molecule has 0 saturated carbocycles. The second-order valence-electron chi connectivity index (χ2n) is 4.67. The fourth-order valence-corrected chi connectivity index (χ4v) is 1.63. The molecule has 5 nitrogen and oxygen atoms in total. The van der Waals surface area contributed by atoms with E-state index < -0.39 is 0 Å². The number of hydrogen-bond donors (Lipinski definition) is 2. The third kappa shape index (κ3) is 2.95. The van der Waals surface area contributed by atoms with E-state index in [0.29, 0.717) is 12.5 Å². The van der Waals surface area contributed by atoms with Crippen molar-refractivity contribution in [2.75, 3.05) is 20.1 Å². The van der Waals surface area contributed by atoms with E-state index in [4.69, 9.17) is 0 Å². The van der Waals surface area contributed by atoms with E-state index >= 15 is 0 Å². The van der Waals surface area contributed by atoms with Crippen LogP contribution >= 0.6 is 0 Å². The molecule has 0 spiro atoms. The van der Waals surface area contributed by atoms with Crippen LogP contribution in [-0.2, 0) is 9.59 Å². The number of likely N-dealkylation sites (N-methyl/N-ethyl adjacent to an activating group) is 1. The van der Waals surface area contributed by atoms with Crippen LogP contribution in [-0.4, -0.2) is 48.9 Å². The van der Waals surface area contributed by atoms with E-state index in [0.717, 1.165) is 0 Å². The monoisotopic (exact) mass is 227 g/mol. The second-order valence-corrected chi connectivity index (χ2v) is 4.67. The van der Waals surface area contributed by atoms with Crippen molar-refractivity contribution in [1.29, 1.82) is 0 Å². The molecule has 16 heavy (non-hydrogen) atoms. The highest BCUT2D eigenvalue weighted by Gasteiger charge is 2.28. The molecule has 2 N–H and O–H groups in total. The number of hydrogen-bond acceptors (Lipinski definition) is 3. The van der Waals surface area contributed by atoms with Crippen molar-refractivity contribution in [3.05, 3.63) is 0 Å². The maximum Gasteiger partial charge on any atom is 0.241 e. The van der Waals surface area contributed by atoms with Gasteiger partial charge in [0.15, 0.2) is 0 Å². The highest BCUT2D eigenvalue weighted by molar-refractivity contribution is 5.86. The second kappa shape index (κ2) is 5.30. The minimum Gasteiger partial charge on any atom is -0.353 e. The van der Waals surface area contributed by atoms with E-state index in [9.17, 15) is 9.59 Å². The molecule has 0 aromatic rings. The number of nitrogens with one attached hydrogen (secondary N) is 2. The predicted octanol–water partition coefficient (Wildman–Crippen LogP) is -0.423. The van der Waals surface area contributed by atoms with E-state index in [2.05, 4.69) is 24.5 Å². The van der Waals surface area contributed by atoms with Gasteiger partial charge in [0.1, 0.15) is 6.04 Å². The van der Waals surface area contributed by atoms with Gasteiger partial charge in [-0.15, -0.1) is 0 Å². The molecule has 2 amide bonds. The van der Waals surface area contributed by atoms with Crippen molar-refractivity contribution >= 4 is 11.8 Å². The van der Waals surface area contributed by atoms with Gasteiger partial charge in [-0.25, -0.2) is 0 Å². The molecule has 0 radical (unpaired) electrons. The van der Waals surface area contributed by atoms with Gasteiger partial charge in [0.2, 0.25) is 11.8 Å². The zero-order valence-electron chi connectivity index (χ0n) is 10.4. The Bertz CT molecular complexity index is 268. The molecule has 1 aliphatic rings. The molecule has 1 aliphatic heterocycles. The van der Waals surface area contributed by atoms with Crippen molar-refractivity contribution in [3.63, 3.8) is 0 Å². The van der Waals surface area contributed by atoms with E-state index in [1.165, 1.54) is 0 Å². The molecule has 0 aromatic carbocycles. The van der Waals surface area contributed by atoms with E-state index in [1.807, 2.05) is 14.0 Å². The average Bonchev–Trinajstić information content (AvgIpc) is 2.27. The summed E-state index contributed by atoms with van der Waals surface area (Å²) in [6.45, 7) is 6.81. The molecule has 1 rings (SSSR count). The molecular formula is C11H21N3O2. The van der Waals surface area contributed by atoms with Crippen LogP contribution in [0.1, 0.15) is 20.8 Å². The minimum absolute atomic E-state index is 0.0428. The van der Waals surface area contributed by atoms with E-state index in [1.54, 1.807) is 4.90 Å². The summed E-state index contributed by atoms with van der Waals surface area (Å²) in [7, 11) is 1.81. The summed E-state index contributed by atoms with van der Waals surface area (Å²) in [4.78, 5) is 24.8. The van der Waals surface area contributed by atoms with Crippen LogP contribution in [0.15, 0.2) is 0 Å². The summed E-state index contributed by atoms with van der Waals surface area (Å²) in [5, 5.41) is 5.63. The van der Waals surface area contributed by atoms with Crippen molar-refractivity contribution in [3.8, 4) is 0 Å². The topological polar surface area (TPSA) is 61.4 Å². The molecular weight excluding hydrogens is 206 g/mol. The summed E-state index contributed by atoms with van der Waals surface area (Å²) in [5.41, 5.74) is 0. The molecule has 0 bridgehead atoms. The Labute approximate surface area is 96.6 Å². The lowest BCUT2D eigenvalue weighted by Gasteiger charge is -2.33. The van der Waals surface area contributed by atoms with Gasteiger partial charge in [-0.1, -0.05) is 13.8 Å². The standard InChI is InChI=1S/C11H21N3O2/c1-7(2)8(3)14(4)11(16)9-5-13-10(15)6-12-9/h7-9,12H,5-6H2,1-4H3,(H,13,15). The summed E-state index contributed by atoms with van der Waals surface area (Å²) >= 11 is 0. The first-order chi connectivity index (χ1) is 7.43. The summed E-state index contributed by atoms with van der Waals surface area (Å²) in [5.74, 6) is 0.414. The molecule has 5 heteroatoms. The summed E-state index contributed by atoms with van der Waals surface area (Å²) < 4.78 is 0. The minimum atomic E-state index is -0.288. The quantitative estimate of drug-likeness (QED) is 0.688. The fourth-order valence-electron chi connectivity index (χ4n) is 1.63. The van der Waals surface area contributed by atoms with Crippen LogP contribution in [0.2, 0.25) is 0 Å². The number of nitrogens with zero attached hydrogens (tertiary/aromatic N) is 1. The lowest BCUT2D eigenvalue weighted by atomic mass is 10.0. The molecule has 0 aromatic heterocycles. The first-order valence-electron chi connectivity index (χ1n) is 5.70. The molecule has 2 atom stereocenters. The summed E-state index contributed by atoms with van der Waals surface area (Å²) in [6, 6.07) is -0.0872. The lowest BCUT2D eigenvalue weighted by Crippen LogP contribution is -2.59. The van der Waals surface area contributed by atoms with Crippen molar-refractivity contribution in [1.82, 2.24) is 15.5 Å². The summed E-state index contributed by atoms with van der Waals surface area (Å²) in [6.07, 6.45) is 0. The highest BCUT2D eigenvalue weighted by atomic mass is 16.2. The fraction of sp³-hybridized carbons (Fsp3) is 0.818. The van der Waals surface area contributed by atoms with Gasteiger partial charge < -0.3 is 10.2 Å². The molecule has 92 valence electrons. The third-order valence-electron chi connectivity index (χ3n) is 3.23. The number of carbonyl (C=O) groups excluding carboxylic acids is 2. The normalized spacial score (nSPS) is 22.8. The van der Waals surface area contributed by atoms with Crippen LogP contribution in [0.25, 0.3) is 0 Å². The van der Waals surface area contributed by atoms with Gasteiger partial charge in [-0.05, 0) is 12.8 Å². The number of carbonyl (C=O) groups is 2.